The highest BCUT2D eigenvalue weighted by molar-refractivity contribution is 5.34. The summed E-state index contributed by atoms with van der Waals surface area (Å²) in [6, 6.07) is 12.6. The fourth-order valence-electron chi connectivity index (χ4n) is 3.22. The van der Waals surface area contributed by atoms with E-state index in [1.54, 1.807) is 12.1 Å². The van der Waals surface area contributed by atoms with Crippen LogP contribution in [0, 0.1) is 23.0 Å². The Balaban J connectivity index is 1.26. The van der Waals surface area contributed by atoms with E-state index < -0.39 is 11.6 Å². The predicted octanol–water partition coefficient (Wildman–Crippen LogP) is 3.30. The van der Waals surface area contributed by atoms with Crippen molar-refractivity contribution in [3.8, 4) is 17.6 Å². The maximum atomic E-state index is 13.5. The molecule has 2 aromatic rings. The third kappa shape index (κ3) is 6.70. The summed E-state index contributed by atoms with van der Waals surface area (Å²) in [6.07, 6.45) is 0.937. The fourth-order valence-corrected chi connectivity index (χ4v) is 3.22. The summed E-state index contributed by atoms with van der Waals surface area (Å²) in [4.78, 5) is 4.68. The zero-order chi connectivity index (χ0) is 20.5. The normalized spacial score (nSPS) is 15.1. The van der Waals surface area contributed by atoms with Gasteiger partial charge in [0.25, 0.3) is 0 Å². The zero-order valence-electron chi connectivity index (χ0n) is 16.3. The lowest BCUT2D eigenvalue weighted by Crippen LogP contribution is -2.47. The highest BCUT2D eigenvalue weighted by Crippen LogP contribution is 2.17. The quantitative estimate of drug-likeness (QED) is 0.604. The first-order valence-electron chi connectivity index (χ1n) is 9.79. The summed E-state index contributed by atoms with van der Waals surface area (Å²) in [5, 5.41) is 8.79. The van der Waals surface area contributed by atoms with Gasteiger partial charge in [0.15, 0.2) is 11.6 Å². The zero-order valence-corrected chi connectivity index (χ0v) is 16.3. The molecule has 7 heteroatoms. The molecule has 0 bridgehead atoms. The smallest absolute Gasteiger partial charge is 0.167 e. The second-order valence-electron chi connectivity index (χ2n) is 6.94. The molecule has 154 valence electrons. The highest BCUT2D eigenvalue weighted by Gasteiger charge is 2.16. The molecule has 2 aromatic carbocycles. The van der Waals surface area contributed by atoms with Crippen LogP contribution < -0.4 is 9.47 Å². The van der Waals surface area contributed by atoms with Crippen LogP contribution >= 0.6 is 0 Å². The lowest BCUT2D eigenvalue weighted by Gasteiger charge is -2.34. The van der Waals surface area contributed by atoms with Crippen LogP contribution in [0.25, 0.3) is 0 Å². The molecule has 0 aliphatic carbocycles. The van der Waals surface area contributed by atoms with Crippen LogP contribution in [0.15, 0.2) is 42.5 Å². The largest absolute Gasteiger partial charge is 0.494 e. The number of halogens is 2. The Morgan fingerprint density at radius 1 is 0.862 bits per heavy atom. The monoisotopic (exact) mass is 401 g/mol. The van der Waals surface area contributed by atoms with Gasteiger partial charge in [-0.3, -0.25) is 4.90 Å². The summed E-state index contributed by atoms with van der Waals surface area (Å²) >= 11 is 0. The van der Waals surface area contributed by atoms with E-state index in [0.29, 0.717) is 25.3 Å². The summed E-state index contributed by atoms with van der Waals surface area (Å²) in [5.74, 6) is -0.398. The van der Waals surface area contributed by atoms with Crippen LogP contribution in [0.5, 0.6) is 11.5 Å². The van der Waals surface area contributed by atoms with E-state index in [-0.39, 0.29) is 5.75 Å². The number of nitrogens with zero attached hydrogens (tertiary/aromatic N) is 3. The molecular weight excluding hydrogens is 376 g/mol. The van der Waals surface area contributed by atoms with Crippen LogP contribution in [0.1, 0.15) is 12.0 Å². The molecule has 1 aliphatic rings. The van der Waals surface area contributed by atoms with Crippen LogP contribution in [0.3, 0.4) is 0 Å². The van der Waals surface area contributed by atoms with Crippen LogP contribution in [0.4, 0.5) is 8.78 Å². The molecule has 29 heavy (non-hydrogen) atoms. The maximum absolute atomic E-state index is 13.5. The van der Waals surface area contributed by atoms with Gasteiger partial charge in [-0.1, -0.05) is 0 Å². The molecule has 3 rings (SSSR count). The van der Waals surface area contributed by atoms with Crippen molar-refractivity contribution in [2.75, 3.05) is 52.5 Å². The number of piperazine rings is 1. The molecule has 1 aliphatic heterocycles. The fraction of sp³-hybridized carbons (Fsp3) is 0.409. The Hall–Kier alpha value is -2.69. The van der Waals surface area contributed by atoms with Crippen molar-refractivity contribution in [2.24, 2.45) is 0 Å². The van der Waals surface area contributed by atoms with Crippen LogP contribution in [-0.2, 0) is 0 Å². The molecule has 0 atom stereocenters. The molecule has 0 unspecified atom stereocenters. The second kappa shape index (κ2) is 10.7. The maximum Gasteiger partial charge on any atom is 0.167 e. The van der Waals surface area contributed by atoms with Crippen LogP contribution in [-0.4, -0.2) is 62.3 Å². The van der Waals surface area contributed by atoms with Gasteiger partial charge in [0.1, 0.15) is 18.2 Å². The Labute approximate surface area is 170 Å². The minimum absolute atomic E-state index is 0.0901. The predicted molar refractivity (Wildman–Crippen MR) is 106 cm³/mol. The van der Waals surface area contributed by atoms with Crippen molar-refractivity contribution in [1.29, 1.82) is 5.26 Å². The molecule has 0 spiro atoms. The summed E-state index contributed by atoms with van der Waals surface area (Å²) in [7, 11) is 0. The third-order valence-corrected chi connectivity index (χ3v) is 4.89. The SMILES string of the molecule is N#Cc1ccc(OCCCN2CCN(CCOc3ccc(F)cc3F)CC2)cc1. The van der Waals surface area contributed by atoms with E-state index >= 15 is 0 Å². The molecule has 0 N–H and O–H groups in total. The first-order valence-corrected chi connectivity index (χ1v) is 9.79. The minimum atomic E-state index is -0.668. The number of hydrogen-bond acceptors (Lipinski definition) is 5. The topological polar surface area (TPSA) is 48.7 Å². The molecule has 1 fully saturated rings. The highest BCUT2D eigenvalue weighted by atomic mass is 19.1. The molecule has 0 saturated carbocycles. The molecule has 0 radical (unpaired) electrons. The lowest BCUT2D eigenvalue weighted by molar-refractivity contribution is 0.111. The van der Waals surface area contributed by atoms with Crippen LogP contribution in [0.2, 0.25) is 0 Å². The Morgan fingerprint density at radius 2 is 1.55 bits per heavy atom. The van der Waals surface area contributed by atoms with Gasteiger partial charge >= 0.3 is 0 Å². The van der Waals surface area contributed by atoms with E-state index in [1.165, 1.54) is 12.1 Å². The van der Waals surface area contributed by atoms with Crippen molar-refractivity contribution in [3.63, 3.8) is 0 Å². The van der Waals surface area contributed by atoms with Crippen molar-refractivity contribution in [2.45, 2.75) is 6.42 Å². The summed E-state index contributed by atoms with van der Waals surface area (Å²) in [5.41, 5.74) is 0.628. The first kappa shape index (κ1) is 21.0. The number of nitriles is 1. The second-order valence-corrected chi connectivity index (χ2v) is 6.94. The van der Waals surface area contributed by atoms with Crippen molar-refractivity contribution < 1.29 is 18.3 Å². The first-order chi connectivity index (χ1) is 14.1. The van der Waals surface area contributed by atoms with E-state index in [2.05, 4.69) is 15.9 Å². The van der Waals surface area contributed by atoms with Crippen molar-refractivity contribution in [3.05, 3.63) is 59.7 Å². The molecule has 1 saturated heterocycles. The Bertz CT molecular complexity index is 816. The van der Waals surface area contributed by atoms with E-state index in [0.717, 1.165) is 51.0 Å². The number of hydrogen-bond donors (Lipinski definition) is 0. The average Bonchev–Trinajstić information content (AvgIpc) is 2.74. The van der Waals surface area contributed by atoms with Gasteiger partial charge in [-0.05, 0) is 42.8 Å². The van der Waals surface area contributed by atoms with E-state index in [1.807, 2.05) is 12.1 Å². The minimum Gasteiger partial charge on any atom is -0.494 e. The molecule has 5 nitrogen and oxygen atoms in total. The van der Waals surface area contributed by atoms with Crippen molar-refractivity contribution in [1.82, 2.24) is 9.80 Å². The van der Waals surface area contributed by atoms with Gasteiger partial charge in [0.05, 0.1) is 18.2 Å². The van der Waals surface area contributed by atoms with Crippen molar-refractivity contribution >= 4 is 0 Å². The van der Waals surface area contributed by atoms with Gasteiger partial charge in [-0.15, -0.1) is 0 Å². The molecule has 1 heterocycles. The van der Waals surface area contributed by atoms with Gasteiger partial charge in [0.2, 0.25) is 0 Å². The van der Waals surface area contributed by atoms with E-state index in [4.69, 9.17) is 14.7 Å². The number of ether oxygens (including phenoxy) is 2. The number of benzene rings is 2. The van der Waals surface area contributed by atoms with E-state index in [9.17, 15) is 8.78 Å². The van der Waals surface area contributed by atoms with Gasteiger partial charge in [-0.25, -0.2) is 8.78 Å². The average molecular weight is 401 g/mol. The molecular formula is C22H25F2N3O2. The van der Waals surface area contributed by atoms with Gasteiger partial charge in [0, 0.05) is 45.3 Å². The molecule has 0 aromatic heterocycles. The Morgan fingerprint density at radius 3 is 2.21 bits per heavy atom. The lowest BCUT2D eigenvalue weighted by atomic mass is 10.2. The summed E-state index contributed by atoms with van der Waals surface area (Å²) in [6.45, 7) is 6.53. The third-order valence-electron chi connectivity index (χ3n) is 4.89. The number of rotatable bonds is 9. The van der Waals surface area contributed by atoms with Gasteiger partial charge in [-0.2, -0.15) is 5.26 Å². The molecule has 0 amide bonds. The standard InChI is InChI=1S/C22H25F2N3O2/c23-19-4-7-22(21(24)16-19)29-15-13-27-11-9-26(10-12-27)8-1-14-28-20-5-2-18(17-25)3-6-20/h2-7,16H,1,8-15H2. The summed E-state index contributed by atoms with van der Waals surface area (Å²) < 4.78 is 37.6. The van der Waals surface area contributed by atoms with Gasteiger partial charge < -0.3 is 14.4 Å². The Kier molecular flexibility index (Phi) is 7.79.